The van der Waals surface area contributed by atoms with Gasteiger partial charge >= 0.3 is 0 Å². The molecule has 1 aliphatic heterocycles. The van der Waals surface area contributed by atoms with Gasteiger partial charge in [0.25, 0.3) is 0 Å². The molecule has 1 atom stereocenters. The molecule has 1 aliphatic rings. The molecule has 28 heavy (non-hydrogen) atoms. The average molecular weight is 511 g/mol. The number of aryl methyl sites for hydroxylation is 1. The van der Waals surface area contributed by atoms with E-state index in [2.05, 4.69) is 51.9 Å². The Morgan fingerprint density at radius 3 is 3.04 bits per heavy atom. The Bertz CT molecular complexity index is 937. The van der Waals surface area contributed by atoms with Crippen molar-refractivity contribution in [3.63, 3.8) is 0 Å². The molecule has 1 saturated heterocycles. The van der Waals surface area contributed by atoms with Crippen molar-refractivity contribution in [2.45, 2.75) is 19.6 Å². The van der Waals surface area contributed by atoms with Gasteiger partial charge in [-0.25, -0.2) is 4.99 Å². The molecule has 0 saturated carbocycles. The van der Waals surface area contributed by atoms with Crippen LogP contribution < -0.4 is 5.32 Å². The number of hydrogen-bond acceptors (Lipinski definition) is 4. The zero-order chi connectivity index (χ0) is 18.6. The minimum Gasteiger partial charge on any atom is -0.370 e. The predicted molar refractivity (Wildman–Crippen MR) is 126 cm³/mol. The molecule has 4 rings (SSSR count). The van der Waals surface area contributed by atoms with Crippen molar-refractivity contribution in [1.29, 1.82) is 0 Å². The topological polar surface area (TPSA) is 54.7 Å². The Labute approximate surface area is 186 Å². The van der Waals surface area contributed by atoms with Crippen molar-refractivity contribution < 1.29 is 4.74 Å². The van der Waals surface area contributed by atoms with E-state index in [0.717, 1.165) is 31.2 Å². The summed E-state index contributed by atoms with van der Waals surface area (Å²) in [4.78, 5) is 7.22. The number of nitrogens with one attached hydrogen (secondary N) is 1. The minimum atomic E-state index is 0. The van der Waals surface area contributed by atoms with E-state index in [1.807, 2.05) is 24.1 Å². The van der Waals surface area contributed by atoms with Crippen molar-refractivity contribution in [2.75, 3.05) is 26.2 Å². The fourth-order valence-electron chi connectivity index (χ4n) is 3.39. The summed E-state index contributed by atoms with van der Waals surface area (Å²) in [5, 5.41) is 11.2. The van der Waals surface area contributed by atoms with Crippen LogP contribution in [0, 0.1) is 0 Å². The summed E-state index contributed by atoms with van der Waals surface area (Å²) in [7, 11) is 1.93. The van der Waals surface area contributed by atoms with E-state index in [1.165, 1.54) is 15.6 Å². The maximum absolute atomic E-state index is 5.97. The SMILES string of the molecule is CCNC(=NCc1csc2ccccc12)N1CCOC(c2cnn(C)c2)C1.I. The molecule has 1 N–H and O–H groups in total. The first-order valence-corrected chi connectivity index (χ1v) is 10.2. The number of nitrogens with zero attached hydrogens (tertiary/aromatic N) is 4. The molecule has 1 aromatic carbocycles. The molecule has 0 amide bonds. The van der Waals surface area contributed by atoms with Gasteiger partial charge in [-0.15, -0.1) is 35.3 Å². The number of fused-ring (bicyclic) bond motifs is 1. The number of morpholine rings is 1. The van der Waals surface area contributed by atoms with Crippen molar-refractivity contribution in [3.05, 3.63) is 53.2 Å². The Morgan fingerprint density at radius 1 is 1.39 bits per heavy atom. The monoisotopic (exact) mass is 511 g/mol. The van der Waals surface area contributed by atoms with E-state index in [9.17, 15) is 0 Å². The molecule has 0 spiro atoms. The second-order valence-corrected chi connectivity index (χ2v) is 7.59. The van der Waals surface area contributed by atoms with Crippen LogP contribution in [0.15, 0.2) is 47.0 Å². The second kappa shape index (κ2) is 9.71. The van der Waals surface area contributed by atoms with E-state index < -0.39 is 0 Å². The summed E-state index contributed by atoms with van der Waals surface area (Å²) in [6, 6.07) is 8.52. The van der Waals surface area contributed by atoms with Gasteiger partial charge in [-0.1, -0.05) is 18.2 Å². The van der Waals surface area contributed by atoms with E-state index in [4.69, 9.17) is 9.73 Å². The van der Waals surface area contributed by atoms with Crippen LogP contribution in [0.5, 0.6) is 0 Å². The van der Waals surface area contributed by atoms with Crippen LogP contribution in [0.3, 0.4) is 0 Å². The third-order valence-corrected chi connectivity index (χ3v) is 5.77. The lowest BCUT2D eigenvalue weighted by Crippen LogP contribution is -2.48. The van der Waals surface area contributed by atoms with Crippen molar-refractivity contribution >= 4 is 51.4 Å². The Morgan fingerprint density at radius 2 is 2.25 bits per heavy atom. The third kappa shape index (κ3) is 4.66. The molecule has 150 valence electrons. The molecular formula is C20H26IN5OS. The van der Waals surface area contributed by atoms with Gasteiger partial charge in [-0.2, -0.15) is 5.10 Å². The van der Waals surface area contributed by atoms with Crippen LogP contribution >= 0.6 is 35.3 Å². The molecule has 1 fully saturated rings. The Balaban J connectivity index is 0.00000225. The fraction of sp³-hybridized carbons (Fsp3) is 0.400. The van der Waals surface area contributed by atoms with Gasteiger partial charge in [0.1, 0.15) is 6.10 Å². The first-order valence-electron chi connectivity index (χ1n) is 9.33. The van der Waals surface area contributed by atoms with Gasteiger partial charge in [0.2, 0.25) is 0 Å². The van der Waals surface area contributed by atoms with Gasteiger partial charge in [0, 0.05) is 36.6 Å². The fourth-order valence-corrected chi connectivity index (χ4v) is 4.34. The number of benzene rings is 1. The Hall–Kier alpha value is -1.65. The molecule has 3 heterocycles. The standard InChI is InChI=1S/C20H25N5OS.HI/c1-3-21-20(22-10-16-14-27-19-7-5-4-6-17(16)19)25-8-9-26-18(13-25)15-11-23-24(2)12-15;/h4-7,11-12,14,18H,3,8-10,13H2,1-2H3,(H,21,22);1H. The molecular weight excluding hydrogens is 485 g/mol. The number of thiophene rings is 1. The zero-order valence-corrected chi connectivity index (χ0v) is 19.3. The van der Waals surface area contributed by atoms with E-state index >= 15 is 0 Å². The summed E-state index contributed by atoms with van der Waals surface area (Å²) in [6.07, 6.45) is 3.93. The van der Waals surface area contributed by atoms with Crippen LogP contribution in [0.1, 0.15) is 24.2 Å². The Kier molecular flexibility index (Phi) is 7.30. The highest BCUT2D eigenvalue weighted by atomic mass is 127. The number of aliphatic imine (C=N–C) groups is 1. The summed E-state index contributed by atoms with van der Waals surface area (Å²) < 4.78 is 9.10. The van der Waals surface area contributed by atoms with Gasteiger partial charge in [-0.05, 0) is 29.3 Å². The van der Waals surface area contributed by atoms with Gasteiger partial charge in [0.05, 0.1) is 25.9 Å². The third-order valence-electron chi connectivity index (χ3n) is 4.76. The van der Waals surface area contributed by atoms with Gasteiger partial charge in [0.15, 0.2) is 5.96 Å². The number of guanidine groups is 1. The highest BCUT2D eigenvalue weighted by Crippen LogP contribution is 2.26. The average Bonchev–Trinajstić information content (AvgIpc) is 3.32. The maximum Gasteiger partial charge on any atom is 0.194 e. The molecule has 3 aromatic rings. The molecule has 0 bridgehead atoms. The smallest absolute Gasteiger partial charge is 0.194 e. The van der Waals surface area contributed by atoms with Gasteiger partial charge < -0.3 is 15.0 Å². The predicted octanol–water partition coefficient (Wildman–Crippen LogP) is 3.79. The van der Waals surface area contributed by atoms with Crippen LogP contribution in [-0.2, 0) is 18.3 Å². The lowest BCUT2D eigenvalue weighted by molar-refractivity contribution is -0.00805. The molecule has 0 aliphatic carbocycles. The summed E-state index contributed by atoms with van der Waals surface area (Å²) in [5.41, 5.74) is 2.39. The zero-order valence-electron chi connectivity index (χ0n) is 16.2. The maximum atomic E-state index is 5.97. The number of hydrogen-bond donors (Lipinski definition) is 1. The van der Waals surface area contributed by atoms with Crippen molar-refractivity contribution in [3.8, 4) is 0 Å². The minimum absolute atomic E-state index is 0. The molecule has 6 nitrogen and oxygen atoms in total. The molecule has 2 aromatic heterocycles. The number of rotatable bonds is 4. The quantitative estimate of drug-likeness (QED) is 0.329. The number of aromatic nitrogens is 2. The number of ether oxygens (including phenoxy) is 1. The summed E-state index contributed by atoms with van der Waals surface area (Å²) >= 11 is 1.78. The van der Waals surface area contributed by atoms with E-state index in [-0.39, 0.29) is 30.1 Å². The largest absolute Gasteiger partial charge is 0.370 e. The van der Waals surface area contributed by atoms with Crippen molar-refractivity contribution in [2.24, 2.45) is 12.0 Å². The van der Waals surface area contributed by atoms with Crippen LogP contribution in [-0.4, -0.2) is 46.9 Å². The first kappa shape index (κ1) is 21.1. The van der Waals surface area contributed by atoms with Crippen LogP contribution in [0.25, 0.3) is 10.1 Å². The van der Waals surface area contributed by atoms with Crippen molar-refractivity contribution in [1.82, 2.24) is 20.0 Å². The first-order chi connectivity index (χ1) is 13.2. The molecule has 1 unspecified atom stereocenters. The molecule has 8 heteroatoms. The van der Waals surface area contributed by atoms with Gasteiger partial charge in [-0.3, -0.25) is 4.68 Å². The highest BCUT2D eigenvalue weighted by molar-refractivity contribution is 14.0. The lowest BCUT2D eigenvalue weighted by atomic mass is 10.1. The number of halogens is 1. The van der Waals surface area contributed by atoms with E-state index in [0.29, 0.717) is 13.2 Å². The normalized spacial score (nSPS) is 17.6. The highest BCUT2D eigenvalue weighted by Gasteiger charge is 2.25. The molecule has 0 radical (unpaired) electrons. The summed E-state index contributed by atoms with van der Waals surface area (Å²) in [5.74, 6) is 0.949. The van der Waals surface area contributed by atoms with Crippen LogP contribution in [0.4, 0.5) is 0 Å². The summed E-state index contributed by atoms with van der Waals surface area (Å²) in [6.45, 7) is 5.94. The second-order valence-electron chi connectivity index (χ2n) is 6.68. The van der Waals surface area contributed by atoms with E-state index in [1.54, 1.807) is 11.3 Å². The van der Waals surface area contributed by atoms with Crippen LogP contribution in [0.2, 0.25) is 0 Å². The lowest BCUT2D eigenvalue weighted by Gasteiger charge is -2.34.